The normalized spacial score (nSPS) is 16.9. The number of nitrogens with zero attached hydrogens (tertiary/aromatic N) is 3. The molecule has 1 aromatic heterocycles. The maximum Gasteiger partial charge on any atom is 0.321 e. The molecule has 6 nitrogen and oxygen atoms in total. The monoisotopic (exact) mass is 366 g/mol. The van der Waals surface area contributed by atoms with Gasteiger partial charge in [0.05, 0.1) is 5.92 Å². The lowest BCUT2D eigenvalue weighted by Gasteiger charge is -2.31. The Labute approximate surface area is 156 Å². The number of hydrogen-bond donors (Lipinski definition) is 1. The van der Waals surface area contributed by atoms with Crippen molar-refractivity contribution in [2.24, 2.45) is 0 Å². The SMILES string of the molecule is O=C(Nc1ccccc1)N1CCC[C@@H](c2nc(-c3cccc(F)c3)no2)C1. The second kappa shape index (κ2) is 7.57. The molecule has 1 aliphatic heterocycles. The van der Waals surface area contributed by atoms with Crippen molar-refractivity contribution in [2.75, 3.05) is 18.4 Å². The highest BCUT2D eigenvalue weighted by Crippen LogP contribution is 2.28. The largest absolute Gasteiger partial charge is 0.339 e. The van der Waals surface area contributed by atoms with Crippen molar-refractivity contribution >= 4 is 11.7 Å². The van der Waals surface area contributed by atoms with Crippen LogP contribution in [0.3, 0.4) is 0 Å². The highest BCUT2D eigenvalue weighted by atomic mass is 19.1. The first-order valence-corrected chi connectivity index (χ1v) is 8.89. The van der Waals surface area contributed by atoms with Crippen molar-refractivity contribution in [3.05, 3.63) is 66.3 Å². The molecule has 0 aliphatic carbocycles. The van der Waals surface area contributed by atoms with E-state index in [2.05, 4.69) is 15.5 Å². The van der Waals surface area contributed by atoms with E-state index >= 15 is 0 Å². The molecule has 1 atom stereocenters. The topological polar surface area (TPSA) is 71.3 Å². The highest BCUT2D eigenvalue weighted by molar-refractivity contribution is 5.89. The van der Waals surface area contributed by atoms with Crippen LogP contribution < -0.4 is 5.32 Å². The van der Waals surface area contributed by atoms with Crippen LogP contribution in [0.5, 0.6) is 0 Å². The van der Waals surface area contributed by atoms with E-state index in [9.17, 15) is 9.18 Å². The molecule has 0 unspecified atom stereocenters. The number of carbonyl (C=O) groups is 1. The van der Waals surface area contributed by atoms with Gasteiger partial charge in [0.2, 0.25) is 11.7 Å². The van der Waals surface area contributed by atoms with E-state index in [0.717, 1.165) is 18.5 Å². The van der Waals surface area contributed by atoms with Gasteiger partial charge in [-0.1, -0.05) is 35.5 Å². The Kier molecular flexibility index (Phi) is 4.82. The fourth-order valence-electron chi connectivity index (χ4n) is 3.23. The Morgan fingerprint density at radius 3 is 2.85 bits per heavy atom. The Hall–Kier alpha value is -3.22. The third kappa shape index (κ3) is 3.97. The fourth-order valence-corrected chi connectivity index (χ4v) is 3.23. The minimum Gasteiger partial charge on any atom is -0.339 e. The van der Waals surface area contributed by atoms with Crippen molar-refractivity contribution in [2.45, 2.75) is 18.8 Å². The van der Waals surface area contributed by atoms with Gasteiger partial charge in [0.15, 0.2) is 0 Å². The Morgan fingerprint density at radius 2 is 2.04 bits per heavy atom. The summed E-state index contributed by atoms with van der Waals surface area (Å²) >= 11 is 0. The Balaban J connectivity index is 1.45. The van der Waals surface area contributed by atoms with Gasteiger partial charge in [0, 0.05) is 24.3 Å². The zero-order valence-corrected chi connectivity index (χ0v) is 14.6. The summed E-state index contributed by atoms with van der Waals surface area (Å²) < 4.78 is 18.8. The number of carbonyl (C=O) groups excluding carboxylic acids is 1. The number of aromatic nitrogens is 2. The van der Waals surface area contributed by atoms with E-state index in [4.69, 9.17) is 4.52 Å². The fraction of sp³-hybridized carbons (Fsp3) is 0.250. The quantitative estimate of drug-likeness (QED) is 0.751. The second-order valence-electron chi connectivity index (χ2n) is 6.55. The molecule has 7 heteroatoms. The van der Waals surface area contributed by atoms with Gasteiger partial charge < -0.3 is 14.7 Å². The lowest BCUT2D eigenvalue weighted by molar-refractivity contribution is 0.184. The number of rotatable bonds is 3. The summed E-state index contributed by atoms with van der Waals surface area (Å²) in [5.41, 5.74) is 1.33. The number of halogens is 1. The number of piperidine rings is 1. The summed E-state index contributed by atoms with van der Waals surface area (Å²) in [6.07, 6.45) is 1.71. The van der Waals surface area contributed by atoms with E-state index in [0.29, 0.717) is 30.4 Å². The molecule has 0 spiro atoms. The lowest BCUT2D eigenvalue weighted by atomic mass is 9.98. The number of benzene rings is 2. The average Bonchev–Trinajstić information content (AvgIpc) is 3.19. The maximum absolute atomic E-state index is 13.4. The van der Waals surface area contributed by atoms with Gasteiger partial charge in [-0.05, 0) is 37.1 Å². The van der Waals surface area contributed by atoms with Crippen LogP contribution in [-0.2, 0) is 0 Å². The molecule has 1 saturated heterocycles. The van der Waals surface area contributed by atoms with Crippen LogP contribution in [0.15, 0.2) is 59.1 Å². The van der Waals surface area contributed by atoms with Crippen molar-refractivity contribution in [1.82, 2.24) is 15.0 Å². The molecule has 138 valence electrons. The zero-order chi connectivity index (χ0) is 18.6. The standard InChI is InChI=1S/C20H19FN4O2/c21-16-8-4-6-14(12-16)18-23-19(27-24-18)15-7-5-11-25(13-15)20(26)22-17-9-2-1-3-10-17/h1-4,6,8-10,12,15H,5,7,11,13H2,(H,22,26)/t15-/m1/s1. The molecular weight excluding hydrogens is 347 g/mol. The smallest absolute Gasteiger partial charge is 0.321 e. The van der Waals surface area contributed by atoms with Crippen LogP contribution in [0.2, 0.25) is 0 Å². The van der Waals surface area contributed by atoms with Gasteiger partial charge >= 0.3 is 6.03 Å². The minimum absolute atomic E-state index is 0.0323. The maximum atomic E-state index is 13.4. The highest BCUT2D eigenvalue weighted by Gasteiger charge is 2.28. The number of hydrogen-bond acceptors (Lipinski definition) is 4. The van der Waals surface area contributed by atoms with Crippen molar-refractivity contribution in [3.63, 3.8) is 0 Å². The molecule has 2 aromatic carbocycles. The van der Waals surface area contributed by atoms with E-state index in [-0.39, 0.29) is 17.8 Å². The van der Waals surface area contributed by atoms with Crippen LogP contribution in [0.1, 0.15) is 24.7 Å². The molecular formula is C20H19FN4O2. The van der Waals surface area contributed by atoms with E-state index < -0.39 is 0 Å². The molecule has 1 aliphatic rings. The molecule has 0 bridgehead atoms. The van der Waals surface area contributed by atoms with Gasteiger partial charge in [-0.2, -0.15) is 4.98 Å². The third-order valence-corrected chi connectivity index (χ3v) is 4.61. The van der Waals surface area contributed by atoms with Crippen molar-refractivity contribution in [3.8, 4) is 11.4 Å². The van der Waals surface area contributed by atoms with Gasteiger partial charge in [-0.3, -0.25) is 0 Å². The zero-order valence-electron chi connectivity index (χ0n) is 14.6. The summed E-state index contributed by atoms with van der Waals surface area (Å²) in [6.45, 7) is 1.18. The molecule has 27 heavy (non-hydrogen) atoms. The van der Waals surface area contributed by atoms with Gasteiger partial charge in [0.1, 0.15) is 5.82 Å². The summed E-state index contributed by atoms with van der Waals surface area (Å²) in [6, 6.07) is 15.3. The average molecular weight is 366 g/mol. The summed E-state index contributed by atoms with van der Waals surface area (Å²) in [7, 11) is 0. The Bertz CT molecular complexity index is 928. The van der Waals surface area contributed by atoms with Gasteiger partial charge in [0.25, 0.3) is 0 Å². The molecule has 0 saturated carbocycles. The van der Waals surface area contributed by atoms with Crippen LogP contribution in [0.4, 0.5) is 14.9 Å². The number of nitrogens with one attached hydrogen (secondary N) is 1. The predicted molar refractivity (Wildman–Crippen MR) is 98.7 cm³/mol. The number of anilines is 1. The van der Waals surface area contributed by atoms with E-state index in [1.54, 1.807) is 17.0 Å². The summed E-state index contributed by atoms with van der Waals surface area (Å²) in [5.74, 6) is 0.456. The van der Waals surface area contributed by atoms with Crippen LogP contribution >= 0.6 is 0 Å². The second-order valence-corrected chi connectivity index (χ2v) is 6.55. The first kappa shape index (κ1) is 17.2. The number of amides is 2. The number of urea groups is 1. The van der Waals surface area contributed by atoms with Gasteiger partial charge in [-0.25, -0.2) is 9.18 Å². The summed E-state index contributed by atoms with van der Waals surface area (Å²) in [4.78, 5) is 18.7. The van der Waals surface area contributed by atoms with E-state index in [1.165, 1.54) is 12.1 Å². The van der Waals surface area contributed by atoms with Crippen molar-refractivity contribution < 1.29 is 13.7 Å². The molecule has 1 fully saturated rings. The molecule has 2 amide bonds. The summed E-state index contributed by atoms with van der Waals surface area (Å²) in [5, 5.41) is 6.87. The first-order chi connectivity index (χ1) is 13.2. The minimum atomic E-state index is -0.347. The molecule has 2 heterocycles. The lowest BCUT2D eigenvalue weighted by Crippen LogP contribution is -2.41. The first-order valence-electron chi connectivity index (χ1n) is 8.89. The molecule has 4 rings (SSSR count). The van der Waals surface area contributed by atoms with Crippen LogP contribution in [0, 0.1) is 5.82 Å². The Morgan fingerprint density at radius 1 is 1.19 bits per heavy atom. The van der Waals surface area contributed by atoms with Crippen LogP contribution in [0.25, 0.3) is 11.4 Å². The molecule has 1 N–H and O–H groups in total. The number of likely N-dealkylation sites (tertiary alicyclic amines) is 1. The van der Waals surface area contributed by atoms with E-state index in [1.807, 2.05) is 30.3 Å². The predicted octanol–water partition coefficient (Wildman–Crippen LogP) is 4.29. The molecule has 0 radical (unpaired) electrons. The third-order valence-electron chi connectivity index (χ3n) is 4.61. The van der Waals surface area contributed by atoms with Gasteiger partial charge in [-0.15, -0.1) is 0 Å². The van der Waals surface area contributed by atoms with Crippen molar-refractivity contribution in [1.29, 1.82) is 0 Å². The molecule has 3 aromatic rings. The van der Waals surface area contributed by atoms with Crippen LogP contribution in [-0.4, -0.2) is 34.2 Å². The number of para-hydroxylation sites is 1.